The molecule has 0 heterocycles. The monoisotopic (exact) mass is 276 g/mol. The van der Waals surface area contributed by atoms with Crippen molar-refractivity contribution in [3.63, 3.8) is 0 Å². The van der Waals surface area contributed by atoms with Crippen molar-refractivity contribution in [1.82, 2.24) is 0 Å². The van der Waals surface area contributed by atoms with Gasteiger partial charge >= 0.3 is 12.1 Å². The van der Waals surface area contributed by atoms with Gasteiger partial charge in [-0.2, -0.15) is 13.2 Å². The number of nitrogens with two attached hydrogens (primary N) is 1. The summed E-state index contributed by atoms with van der Waals surface area (Å²) in [5.41, 5.74) is 5.13. The first-order valence-corrected chi connectivity index (χ1v) is 6.72. The fraction of sp³-hybridized carbons (Fsp3) is 0.875. The van der Waals surface area contributed by atoms with Gasteiger partial charge in [-0.3, -0.25) is 9.57 Å². The zero-order valence-corrected chi connectivity index (χ0v) is 9.81. The standard InChI is InChI=1S/C8H15F3N2O3S/c9-8(10,11)3-1-4-17(13,16)5-2-6(12)7(14)15/h6,13H,1-5,12H2,(H,14,15)/t6?,17-/m0/s1. The van der Waals surface area contributed by atoms with Gasteiger partial charge in [0.05, 0.1) is 0 Å². The van der Waals surface area contributed by atoms with Crippen LogP contribution in [0.4, 0.5) is 13.2 Å². The van der Waals surface area contributed by atoms with E-state index >= 15 is 0 Å². The van der Waals surface area contributed by atoms with Crippen molar-refractivity contribution in [3.8, 4) is 0 Å². The zero-order valence-electron chi connectivity index (χ0n) is 9.00. The summed E-state index contributed by atoms with van der Waals surface area (Å²) in [6.07, 6.45) is -5.99. The molecule has 0 spiro atoms. The minimum Gasteiger partial charge on any atom is -0.480 e. The lowest BCUT2D eigenvalue weighted by molar-refractivity contribution is -0.138. The van der Waals surface area contributed by atoms with Crippen molar-refractivity contribution < 1.29 is 27.3 Å². The maximum Gasteiger partial charge on any atom is 0.389 e. The van der Waals surface area contributed by atoms with Crippen LogP contribution in [-0.4, -0.2) is 39.0 Å². The van der Waals surface area contributed by atoms with Gasteiger partial charge in [0.15, 0.2) is 0 Å². The molecule has 5 nitrogen and oxygen atoms in total. The molecule has 0 aromatic carbocycles. The molecule has 0 aliphatic carbocycles. The average Bonchev–Trinajstić information content (AvgIpc) is 2.11. The number of rotatable bonds is 7. The number of nitrogens with one attached hydrogen (secondary N) is 1. The Balaban J connectivity index is 4.01. The second kappa shape index (κ2) is 6.20. The van der Waals surface area contributed by atoms with E-state index in [1.165, 1.54) is 0 Å². The number of hydrogen-bond donors (Lipinski definition) is 3. The van der Waals surface area contributed by atoms with Crippen molar-refractivity contribution in [2.75, 3.05) is 11.5 Å². The number of aliphatic carboxylic acids is 1. The van der Waals surface area contributed by atoms with Gasteiger partial charge in [-0.25, -0.2) is 4.21 Å². The van der Waals surface area contributed by atoms with E-state index in [-0.39, 0.29) is 12.2 Å². The number of carboxylic acids is 1. The Hall–Kier alpha value is -0.830. The van der Waals surface area contributed by atoms with Crippen LogP contribution in [0.2, 0.25) is 0 Å². The van der Waals surface area contributed by atoms with Gasteiger partial charge in [-0.05, 0) is 12.8 Å². The molecule has 0 aromatic heterocycles. The van der Waals surface area contributed by atoms with Crippen LogP contribution < -0.4 is 5.73 Å². The Kier molecular flexibility index (Phi) is 5.89. The molecular weight excluding hydrogens is 261 g/mol. The molecule has 102 valence electrons. The maximum atomic E-state index is 11.8. The molecule has 0 rings (SSSR count). The molecule has 0 aliphatic heterocycles. The van der Waals surface area contributed by atoms with Crippen molar-refractivity contribution >= 4 is 15.7 Å². The third-order valence-electron chi connectivity index (χ3n) is 2.01. The van der Waals surface area contributed by atoms with Gasteiger partial charge in [0.2, 0.25) is 0 Å². The topological polar surface area (TPSA) is 104 Å². The minimum absolute atomic E-state index is 0.177. The van der Waals surface area contributed by atoms with Crippen molar-refractivity contribution in [2.45, 2.75) is 31.5 Å². The molecule has 0 bridgehead atoms. The average molecular weight is 276 g/mol. The van der Waals surface area contributed by atoms with Crippen LogP contribution in [-0.2, 0) is 14.5 Å². The Morgan fingerprint density at radius 1 is 1.41 bits per heavy atom. The molecule has 2 atom stereocenters. The predicted molar refractivity (Wildman–Crippen MR) is 56.1 cm³/mol. The van der Waals surface area contributed by atoms with Gasteiger partial charge in [-0.15, -0.1) is 0 Å². The normalized spacial score (nSPS) is 17.4. The Morgan fingerprint density at radius 2 is 1.94 bits per heavy atom. The number of carboxylic acid groups (broad SMARTS) is 1. The van der Waals surface area contributed by atoms with Gasteiger partial charge in [0.25, 0.3) is 0 Å². The van der Waals surface area contributed by atoms with Crippen LogP contribution in [0.5, 0.6) is 0 Å². The number of halogens is 3. The van der Waals surface area contributed by atoms with Crippen LogP contribution in [0.15, 0.2) is 0 Å². The number of carbonyl (C=O) groups is 1. The third-order valence-corrected chi connectivity index (χ3v) is 3.85. The van der Waals surface area contributed by atoms with Crippen LogP contribution >= 0.6 is 0 Å². The highest BCUT2D eigenvalue weighted by molar-refractivity contribution is 7.92. The summed E-state index contributed by atoms with van der Waals surface area (Å²) in [5.74, 6) is -1.97. The van der Waals surface area contributed by atoms with Gasteiger partial charge in [-0.1, -0.05) is 0 Å². The lowest BCUT2D eigenvalue weighted by Crippen LogP contribution is -2.32. The predicted octanol–water partition coefficient (Wildman–Crippen LogP) is 1.18. The van der Waals surface area contributed by atoms with Crippen molar-refractivity contribution in [3.05, 3.63) is 0 Å². The summed E-state index contributed by atoms with van der Waals surface area (Å²) in [5, 5.41) is 8.43. The van der Waals surface area contributed by atoms with Gasteiger partial charge < -0.3 is 10.8 Å². The lowest BCUT2D eigenvalue weighted by atomic mass is 10.2. The van der Waals surface area contributed by atoms with Crippen molar-refractivity contribution in [1.29, 1.82) is 4.78 Å². The van der Waals surface area contributed by atoms with Crippen LogP contribution in [0.25, 0.3) is 0 Å². The summed E-state index contributed by atoms with van der Waals surface area (Å²) < 4.78 is 54.1. The molecule has 0 fully saturated rings. The summed E-state index contributed by atoms with van der Waals surface area (Å²) in [6, 6.07) is -1.23. The van der Waals surface area contributed by atoms with Gasteiger partial charge in [0, 0.05) is 27.7 Å². The molecule has 0 aromatic rings. The quantitative estimate of drug-likeness (QED) is 0.649. The van der Waals surface area contributed by atoms with E-state index in [9.17, 15) is 22.2 Å². The van der Waals surface area contributed by atoms with E-state index in [1.54, 1.807) is 0 Å². The van der Waals surface area contributed by atoms with E-state index in [0.717, 1.165) is 0 Å². The SMILES string of the molecule is N=[S@](=O)(CCCC(F)(F)F)CCC(N)C(=O)O. The molecule has 0 saturated carbocycles. The van der Waals surface area contributed by atoms with Crippen LogP contribution in [0.3, 0.4) is 0 Å². The van der Waals surface area contributed by atoms with E-state index in [1.807, 2.05) is 0 Å². The largest absolute Gasteiger partial charge is 0.480 e. The van der Waals surface area contributed by atoms with Crippen LogP contribution in [0.1, 0.15) is 19.3 Å². The smallest absolute Gasteiger partial charge is 0.389 e. The molecule has 0 aliphatic rings. The summed E-state index contributed by atoms with van der Waals surface area (Å²) in [4.78, 5) is 10.3. The minimum atomic E-state index is -4.33. The zero-order chi connectivity index (χ0) is 13.7. The highest BCUT2D eigenvalue weighted by Gasteiger charge is 2.27. The van der Waals surface area contributed by atoms with Gasteiger partial charge in [0.1, 0.15) is 6.04 Å². The fourth-order valence-corrected chi connectivity index (χ4v) is 2.50. The van der Waals surface area contributed by atoms with E-state index in [2.05, 4.69) is 0 Å². The van der Waals surface area contributed by atoms with Crippen molar-refractivity contribution in [2.24, 2.45) is 5.73 Å². The molecule has 0 radical (unpaired) electrons. The molecule has 0 amide bonds. The second-order valence-electron chi connectivity index (χ2n) is 3.67. The highest BCUT2D eigenvalue weighted by atomic mass is 32.2. The number of hydrogen-bond acceptors (Lipinski definition) is 4. The Labute approximate surface area is 97.2 Å². The third kappa shape index (κ3) is 8.93. The molecule has 1 unspecified atom stereocenters. The van der Waals surface area contributed by atoms with E-state index in [4.69, 9.17) is 15.6 Å². The Morgan fingerprint density at radius 3 is 2.35 bits per heavy atom. The molecule has 17 heavy (non-hydrogen) atoms. The first kappa shape index (κ1) is 16.2. The fourth-order valence-electron chi connectivity index (χ4n) is 1.05. The number of alkyl halides is 3. The molecule has 9 heteroatoms. The molecule has 4 N–H and O–H groups in total. The molecular formula is C8H15F3N2O3S. The lowest BCUT2D eigenvalue weighted by Gasteiger charge is -2.10. The summed E-state index contributed by atoms with van der Waals surface area (Å²) in [6.45, 7) is 0. The molecule has 0 saturated heterocycles. The summed E-state index contributed by atoms with van der Waals surface area (Å²) in [7, 11) is -3.18. The first-order valence-electron chi connectivity index (χ1n) is 4.83. The summed E-state index contributed by atoms with van der Waals surface area (Å²) >= 11 is 0. The van der Waals surface area contributed by atoms with Crippen LogP contribution in [0, 0.1) is 4.78 Å². The van der Waals surface area contributed by atoms with E-state index in [0.29, 0.717) is 0 Å². The van der Waals surface area contributed by atoms with E-state index < -0.39 is 46.5 Å². The second-order valence-corrected chi connectivity index (χ2v) is 6.11. The first-order chi connectivity index (χ1) is 7.53. The Bertz CT molecular complexity index is 354. The highest BCUT2D eigenvalue weighted by Crippen LogP contribution is 2.21. The maximum absolute atomic E-state index is 11.8.